The van der Waals surface area contributed by atoms with Crippen LogP contribution in [-0.2, 0) is 11.3 Å². The molecule has 0 saturated carbocycles. The number of nitrogens with one attached hydrogen (secondary N) is 2. The molecule has 1 amide bonds. The first-order valence-electron chi connectivity index (χ1n) is 7.94. The van der Waals surface area contributed by atoms with Crippen molar-refractivity contribution in [2.75, 3.05) is 6.54 Å². The van der Waals surface area contributed by atoms with Crippen LogP contribution in [0, 0.1) is 5.92 Å². The molecule has 6 heteroatoms. The first-order chi connectivity index (χ1) is 10.5. The monoisotopic (exact) mass is 404 g/mol. The van der Waals surface area contributed by atoms with Gasteiger partial charge in [-0.05, 0) is 73.0 Å². The van der Waals surface area contributed by atoms with Crippen LogP contribution in [0.1, 0.15) is 53.5 Å². The summed E-state index contributed by atoms with van der Waals surface area (Å²) in [6.07, 6.45) is 0.598. The minimum absolute atomic E-state index is 0.181. The summed E-state index contributed by atoms with van der Waals surface area (Å²) in [4.78, 5) is 11.9. The molecule has 0 aliphatic carbocycles. The summed E-state index contributed by atoms with van der Waals surface area (Å²) in [5, 5.41) is 8.62. The zero-order valence-electron chi connectivity index (χ0n) is 15.0. The molecule has 0 aliphatic rings. The number of amides is 1. The molecule has 0 spiro atoms. The van der Waals surface area contributed by atoms with E-state index in [0.29, 0.717) is 12.5 Å². The lowest BCUT2D eigenvalue weighted by atomic mass is 9.90. The lowest BCUT2D eigenvalue weighted by Gasteiger charge is -2.33. The molecule has 0 bridgehead atoms. The third-order valence-corrected chi connectivity index (χ3v) is 4.77. The highest BCUT2D eigenvalue weighted by atomic mass is 79.9. The normalized spacial score (nSPS) is 14.6. The maximum atomic E-state index is 11.9. The van der Waals surface area contributed by atoms with Crippen LogP contribution in [0.15, 0.2) is 15.2 Å². The van der Waals surface area contributed by atoms with E-state index in [4.69, 9.17) is 4.74 Å². The summed E-state index contributed by atoms with van der Waals surface area (Å²) in [5.41, 5.74) is 0.586. The number of alkyl carbamates (subject to hydrolysis) is 1. The number of hydrogen-bond donors (Lipinski definition) is 2. The Morgan fingerprint density at radius 1 is 1.35 bits per heavy atom. The highest BCUT2D eigenvalue weighted by Gasteiger charge is 2.27. The smallest absolute Gasteiger partial charge is 0.407 e. The zero-order valence-corrected chi connectivity index (χ0v) is 17.4. The quantitative estimate of drug-likeness (QED) is 0.676. The number of halogens is 1. The first-order valence-corrected chi connectivity index (χ1v) is 9.61. The summed E-state index contributed by atoms with van der Waals surface area (Å²) in [6.45, 7) is 13.4. The second kappa shape index (κ2) is 8.49. The van der Waals surface area contributed by atoms with Crippen LogP contribution in [-0.4, -0.2) is 23.8 Å². The van der Waals surface area contributed by atoms with Crippen molar-refractivity contribution in [3.63, 3.8) is 0 Å². The Kier molecular flexibility index (Phi) is 7.55. The van der Waals surface area contributed by atoms with E-state index in [1.54, 1.807) is 11.3 Å². The number of carbonyl (C=O) groups is 1. The van der Waals surface area contributed by atoms with Gasteiger partial charge in [0.1, 0.15) is 5.60 Å². The van der Waals surface area contributed by atoms with Crippen molar-refractivity contribution < 1.29 is 9.53 Å². The van der Waals surface area contributed by atoms with E-state index in [2.05, 4.69) is 58.8 Å². The van der Waals surface area contributed by atoms with E-state index in [1.807, 2.05) is 20.8 Å². The molecule has 1 atom stereocenters. The van der Waals surface area contributed by atoms with Gasteiger partial charge in [-0.15, -0.1) is 11.3 Å². The number of thiophene rings is 1. The second-order valence-electron chi connectivity index (χ2n) is 7.63. The molecule has 1 heterocycles. The third kappa shape index (κ3) is 8.72. The number of carbonyl (C=O) groups excluding carboxylic acids is 1. The fraction of sp³-hybridized carbons (Fsp3) is 0.706. The number of rotatable bonds is 7. The van der Waals surface area contributed by atoms with E-state index in [0.717, 1.165) is 16.8 Å². The van der Waals surface area contributed by atoms with Gasteiger partial charge in [-0.2, -0.15) is 0 Å². The number of hydrogen-bond acceptors (Lipinski definition) is 4. The van der Waals surface area contributed by atoms with E-state index in [-0.39, 0.29) is 11.6 Å². The second-order valence-corrected chi connectivity index (χ2v) is 9.92. The van der Waals surface area contributed by atoms with E-state index >= 15 is 0 Å². The SMILES string of the molecule is CC(C)CC(C)(CNC(=O)OC(C)(C)C)NCc1csc(Br)c1. The maximum Gasteiger partial charge on any atom is 0.407 e. The van der Waals surface area contributed by atoms with Crippen molar-refractivity contribution in [1.82, 2.24) is 10.6 Å². The molecule has 23 heavy (non-hydrogen) atoms. The first kappa shape index (κ1) is 20.5. The minimum atomic E-state index is -0.477. The molecule has 1 unspecified atom stereocenters. The van der Waals surface area contributed by atoms with Gasteiger partial charge < -0.3 is 15.4 Å². The minimum Gasteiger partial charge on any atom is -0.444 e. The highest BCUT2D eigenvalue weighted by Crippen LogP contribution is 2.22. The molecular weight excluding hydrogens is 376 g/mol. The van der Waals surface area contributed by atoms with Gasteiger partial charge in [-0.25, -0.2) is 4.79 Å². The Balaban J connectivity index is 2.60. The number of ether oxygens (including phenoxy) is 1. The molecule has 0 saturated heterocycles. The molecule has 132 valence electrons. The van der Waals surface area contributed by atoms with Crippen molar-refractivity contribution in [2.24, 2.45) is 5.92 Å². The van der Waals surface area contributed by atoms with Crippen molar-refractivity contribution in [1.29, 1.82) is 0 Å². The summed E-state index contributed by atoms with van der Waals surface area (Å²) < 4.78 is 6.45. The van der Waals surface area contributed by atoms with Crippen LogP contribution >= 0.6 is 27.3 Å². The van der Waals surface area contributed by atoms with Gasteiger partial charge in [0.2, 0.25) is 0 Å². The van der Waals surface area contributed by atoms with Crippen LogP contribution in [0.25, 0.3) is 0 Å². The predicted octanol–water partition coefficient (Wildman–Crippen LogP) is 4.93. The predicted molar refractivity (Wildman–Crippen MR) is 101 cm³/mol. The molecule has 4 nitrogen and oxygen atoms in total. The molecule has 1 aromatic rings. The van der Waals surface area contributed by atoms with Crippen molar-refractivity contribution >= 4 is 33.4 Å². The lowest BCUT2D eigenvalue weighted by Crippen LogP contribution is -2.52. The summed E-state index contributed by atoms with van der Waals surface area (Å²) in [7, 11) is 0. The average Bonchev–Trinajstić information content (AvgIpc) is 2.77. The van der Waals surface area contributed by atoms with E-state index in [1.165, 1.54) is 5.56 Å². The molecule has 0 radical (unpaired) electrons. The van der Waals surface area contributed by atoms with Gasteiger partial charge in [0, 0.05) is 18.6 Å². The molecule has 0 aromatic carbocycles. The lowest BCUT2D eigenvalue weighted by molar-refractivity contribution is 0.0507. The van der Waals surface area contributed by atoms with Crippen LogP contribution in [0.5, 0.6) is 0 Å². The van der Waals surface area contributed by atoms with Crippen LogP contribution in [0.3, 0.4) is 0 Å². The van der Waals surface area contributed by atoms with Gasteiger partial charge in [-0.1, -0.05) is 13.8 Å². The van der Waals surface area contributed by atoms with Crippen molar-refractivity contribution in [3.05, 3.63) is 20.8 Å². The fourth-order valence-corrected chi connectivity index (χ4v) is 3.65. The highest BCUT2D eigenvalue weighted by molar-refractivity contribution is 9.11. The largest absolute Gasteiger partial charge is 0.444 e. The van der Waals surface area contributed by atoms with Crippen molar-refractivity contribution in [2.45, 2.75) is 65.6 Å². The Morgan fingerprint density at radius 2 is 2.00 bits per heavy atom. The molecule has 1 rings (SSSR count). The van der Waals surface area contributed by atoms with Crippen LogP contribution in [0.4, 0.5) is 4.79 Å². The topological polar surface area (TPSA) is 50.4 Å². The standard InChI is InChI=1S/C17H29BrN2O2S/c1-12(2)8-17(6,11-19-15(21)22-16(3,4)5)20-9-13-7-14(18)23-10-13/h7,10,12,20H,8-9,11H2,1-6H3,(H,19,21). The van der Waals surface area contributed by atoms with Crippen LogP contribution < -0.4 is 10.6 Å². The fourth-order valence-electron chi connectivity index (χ4n) is 2.44. The Hall–Kier alpha value is -0.590. The van der Waals surface area contributed by atoms with Crippen LogP contribution in [0.2, 0.25) is 0 Å². The maximum absolute atomic E-state index is 11.9. The zero-order chi connectivity index (χ0) is 17.7. The molecule has 0 fully saturated rings. The van der Waals surface area contributed by atoms with E-state index in [9.17, 15) is 4.79 Å². The van der Waals surface area contributed by atoms with Gasteiger partial charge in [0.15, 0.2) is 0 Å². The Morgan fingerprint density at radius 3 is 2.48 bits per heavy atom. The average molecular weight is 405 g/mol. The van der Waals surface area contributed by atoms with E-state index < -0.39 is 5.60 Å². The molecule has 2 N–H and O–H groups in total. The van der Waals surface area contributed by atoms with Gasteiger partial charge in [-0.3, -0.25) is 0 Å². The van der Waals surface area contributed by atoms with Gasteiger partial charge in [0.25, 0.3) is 0 Å². The van der Waals surface area contributed by atoms with Gasteiger partial charge >= 0.3 is 6.09 Å². The molecule has 0 aliphatic heterocycles. The molecular formula is C17H29BrN2O2S. The van der Waals surface area contributed by atoms with Gasteiger partial charge in [0.05, 0.1) is 3.79 Å². The summed E-state index contributed by atoms with van der Waals surface area (Å²) >= 11 is 5.17. The summed E-state index contributed by atoms with van der Waals surface area (Å²) in [5.74, 6) is 0.530. The Bertz CT molecular complexity index is 511. The molecule has 1 aromatic heterocycles. The Labute approximate surface area is 152 Å². The van der Waals surface area contributed by atoms with Crippen molar-refractivity contribution in [3.8, 4) is 0 Å². The third-order valence-electron chi connectivity index (χ3n) is 3.22. The summed E-state index contributed by atoms with van der Waals surface area (Å²) in [6, 6.07) is 2.12.